The highest BCUT2D eigenvalue weighted by Crippen LogP contribution is 2.20. The van der Waals surface area contributed by atoms with Gasteiger partial charge in [0.1, 0.15) is 5.84 Å². The molecule has 1 saturated heterocycles. The minimum absolute atomic E-state index is 0.0266. The normalized spacial score (nSPS) is 20.6. The molecule has 0 spiro atoms. The summed E-state index contributed by atoms with van der Waals surface area (Å²) in [6.07, 6.45) is 1.90. The van der Waals surface area contributed by atoms with Gasteiger partial charge < -0.3 is 15.7 Å². The predicted molar refractivity (Wildman–Crippen MR) is 55.9 cm³/mol. The molecule has 0 aromatic carbocycles. The lowest BCUT2D eigenvalue weighted by molar-refractivity contribution is 0.198. The van der Waals surface area contributed by atoms with E-state index in [0.717, 1.165) is 6.54 Å². The Bertz CT molecular complexity index is 381. The van der Waals surface area contributed by atoms with E-state index in [2.05, 4.69) is 10.2 Å². The SMILES string of the molecule is N=C(N)c1ccnnc1N1CCC(O)C1. The molecule has 1 fully saturated rings. The van der Waals surface area contributed by atoms with Crippen molar-refractivity contribution in [3.63, 3.8) is 0 Å². The molecule has 0 radical (unpaired) electrons. The van der Waals surface area contributed by atoms with Gasteiger partial charge in [-0.2, -0.15) is 5.10 Å². The first kappa shape index (κ1) is 9.85. The van der Waals surface area contributed by atoms with Gasteiger partial charge in [-0.3, -0.25) is 5.41 Å². The van der Waals surface area contributed by atoms with Crippen molar-refractivity contribution in [2.24, 2.45) is 5.73 Å². The van der Waals surface area contributed by atoms with E-state index < -0.39 is 0 Å². The van der Waals surface area contributed by atoms with Gasteiger partial charge in [-0.25, -0.2) is 0 Å². The van der Waals surface area contributed by atoms with Crippen molar-refractivity contribution in [3.8, 4) is 0 Å². The van der Waals surface area contributed by atoms with E-state index in [-0.39, 0.29) is 11.9 Å². The number of nitrogens with two attached hydrogens (primary N) is 1. The Labute approximate surface area is 87.2 Å². The zero-order valence-corrected chi connectivity index (χ0v) is 8.22. The van der Waals surface area contributed by atoms with Gasteiger partial charge in [0, 0.05) is 13.1 Å². The zero-order valence-electron chi connectivity index (χ0n) is 8.22. The van der Waals surface area contributed by atoms with Crippen molar-refractivity contribution >= 4 is 11.7 Å². The molecular weight excluding hydrogens is 194 g/mol. The summed E-state index contributed by atoms with van der Waals surface area (Å²) in [5.41, 5.74) is 6.01. The number of hydrogen-bond donors (Lipinski definition) is 3. The quantitative estimate of drug-likeness (QED) is 0.441. The number of rotatable bonds is 2. The first-order chi connectivity index (χ1) is 7.18. The van der Waals surface area contributed by atoms with Crippen LogP contribution >= 0.6 is 0 Å². The average molecular weight is 207 g/mol. The van der Waals surface area contributed by atoms with Crippen LogP contribution < -0.4 is 10.6 Å². The second-order valence-corrected chi connectivity index (χ2v) is 3.57. The maximum atomic E-state index is 9.42. The van der Waals surface area contributed by atoms with Crippen LogP contribution in [0.1, 0.15) is 12.0 Å². The first-order valence-corrected chi connectivity index (χ1v) is 4.77. The van der Waals surface area contributed by atoms with Gasteiger partial charge in [-0.05, 0) is 12.5 Å². The first-order valence-electron chi connectivity index (χ1n) is 4.77. The molecule has 6 heteroatoms. The standard InChI is InChI=1S/C9H13N5O/c10-8(11)7-1-3-12-13-9(7)14-4-2-6(15)5-14/h1,3,6,15H,2,4-5H2,(H3,10,11). The summed E-state index contributed by atoms with van der Waals surface area (Å²) < 4.78 is 0. The maximum absolute atomic E-state index is 9.42. The molecule has 1 aromatic heterocycles. The molecule has 6 nitrogen and oxygen atoms in total. The Morgan fingerprint density at radius 2 is 2.47 bits per heavy atom. The number of anilines is 1. The fraction of sp³-hybridized carbons (Fsp3) is 0.444. The van der Waals surface area contributed by atoms with Gasteiger partial charge in [-0.15, -0.1) is 5.10 Å². The molecule has 15 heavy (non-hydrogen) atoms. The molecule has 1 aromatic rings. The topological polar surface area (TPSA) is 99.1 Å². The van der Waals surface area contributed by atoms with Crippen molar-refractivity contribution in [1.29, 1.82) is 5.41 Å². The Kier molecular flexibility index (Phi) is 2.51. The van der Waals surface area contributed by atoms with Crippen LogP contribution in [0.5, 0.6) is 0 Å². The number of nitrogens with one attached hydrogen (secondary N) is 1. The van der Waals surface area contributed by atoms with Gasteiger partial charge in [0.05, 0.1) is 17.9 Å². The third-order valence-electron chi connectivity index (χ3n) is 2.45. The molecule has 2 heterocycles. The number of aromatic nitrogens is 2. The smallest absolute Gasteiger partial charge is 0.162 e. The summed E-state index contributed by atoms with van der Waals surface area (Å²) >= 11 is 0. The monoisotopic (exact) mass is 207 g/mol. The zero-order chi connectivity index (χ0) is 10.8. The summed E-state index contributed by atoms with van der Waals surface area (Å²) in [6.45, 7) is 1.25. The highest BCUT2D eigenvalue weighted by atomic mass is 16.3. The molecule has 1 unspecified atom stereocenters. The Balaban J connectivity index is 2.31. The number of hydrogen-bond acceptors (Lipinski definition) is 5. The van der Waals surface area contributed by atoms with Crippen LogP contribution in [0.25, 0.3) is 0 Å². The van der Waals surface area contributed by atoms with Crippen LogP contribution in [0.2, 0.25) is 0 Å². The van der Waals surface area contributed by atoms with E-state index in [0.29, 0.717) is 24.3 Å². The molecule has 0 bridgehead atoms. The number of β-amino-alcohol motifs (C(OH)–C–C–N with tert-alkyl or cyclic N) is 1. The van der Waals surface area contributed by atoms with Crippen LogP contribution in [0.3, 0.4) is 0 Å². The molecule has 1 atom stereocenters. The third kappa shape index (κ3) is 1.89. The lowest BCUT2D eigenvalue weighted by atomic mass is 10.2. The largest absolute Gasteiger partial charge is 0.391 e. The summed E-state index contributed by atoms with van der Waals surface area (Å²) in [6, 6.07) is 1.66. The van der Waals surface area contributed by atoms with Gasteiger partial charge in [0.25, 0.3) is 0 Å². The van der Waals surface area contributed by atoms with Gasteiger partial charge >= 0.3 is 0 Å². The molecule has 0 aliphatic carbocycles. The summed E-state index contributed by atoms with van der Waals surface area (Å²) in [5, 5.41) is 24.6. The van der Waals surface area contributed by atoms with Crippen molar-refractivity contribution < 1.29 is 5.11 Å². The van der Waals surface area contributed by atoms with E-state index >= 15 is 0 Å². The second-order valence-electron chi connectivity index (χ2n) is 3.57. The van der Waals surface area contributed by atoms with Gasteiger partial charge in [-0.1, -0.05) is 0 Å². The Morgan fingerprint density at radius 3 is 3.07 bits per heavy atom. The van der Waals surface area contributed by atoms with E-state index in [1.54, 1.807) is 6.07 Å². The van der Waals surface area contributed by atoms with Crippen molar-refractivity contribution in [1.82, 2.24) is 10.2 Å². The average Bonchev–Trinajstić information content (AvgIpc) is 2.65. The Hall–Kier alpha value is -1.69. The molecule has 0 amide bonds. The lowest BCUT2D eigenvalue weighted by Crippen LogP contribution is -2.26. The van der Waals surface area contributed by atoms with E-state index in [9.17, 15) is 5.11 Å². The van der Waals surface area contributed by atoms with Crippen molar-refractivity contribution in [2.45, 2.75) is 12.5 Å². The Morgan fingerprint density at radius 1 is 1.67 bits per heavy atom. The van der Waals surface area contributed by atoms with E-state index in [4.69, 9.17) is 11.1 Å². The van der Waals surface area contributed by atoms with Crippen molar-refractivity contribution in [2.75, 3.05) is 18.0 Å². The molecule has 0 saturated carbocycles. The van der Waals surface area contributed by atoms with E-state index in [1.807, 2.05) is 4.90 Å². The molecule has 80 valence electrons. The summed E-state index contributed by atoms with van der Waals surface area (Å²) in [7, 11) is 0. The molecule has 2 rings (SSSR count). The predicted octanol–water partition coefficient (Wildman–Crippen LogP) is -0.668. The fourth-order valence-corrected chi connectivity index (χ4v) is 1.70. The minimum Gasteiger partial charge on any atom is -0.391 e. The number of nitrogens with zero attached hydrogens (tertiary/aromatic N) is 3. The highest BCUT2D eigenvalue weighted by Gasteiger charge is 2.24. The lowest BCUT2D eigenvalue weighted by Gasteiger charge is -2.18. The second kappa shape index (κ2) is 3.82. The highest BCUT2D eigenvalue weighted by molar-refractivity contribution is 5.99. The van der Waals surface area contributed by atoms with Crippen LogP contribution in [-0.2, 0) is 0 Å². The number of aliphatic hydroxyl groups is 1. The molecule has 1 aliphatic heterocycles. The summed E-state index contributed by atoms with van der Waals surface area (Å²) in [5.74, 6) is 0.558. The minimum atomic E-state index is -0.327. The third-order valence-corrected chi connectivity index (χ3v) is 2.45. The van der Waals surface area contributed by atoms with Gasteiger partial charge in [0.15, 0.2) is 5.82 Å². The van der Waals surface area contributed by atoms with Crippen LogP contribution in [0.4, 0.5) is 5.82 Å². The maximum Gasteiger partial charge on any atom is 0.162 e. The van der Waals surface area contributed by atoms with Crippen molar-refractivity contribution in [3.05, 3.63) is 17.8 Å². The van der Waals surface area contributed by atoms with E-state index in [1.165, 1.54) is 6.20 Å². The molecular formula is C9H13N5O. The van der Waals surface area contributed by atoms with Crippen LogP contribution in [0, 0.1) is 5.41 Å². The van der Waals surface area contributed by atoms with Crippen LogP contribution in [-0.4, -0.2) is 40.3 Å². The fourth-order valence-electron chi connectivity index (χ4n) is 1.70. The molecule has 4 N–H and O–H groups in total. The number of aliphatic hydroxyl groups excluding tert-OH is 1. The molecule has 1 aliphatic rings. The summed E-state index contributed by atoms with van der Waals surface area (Å²) in [4.78, 5) is 1.90. The number of amidine groups is 1. The van der Waals surface area contributed by atoms with Crippen LogP contribution in [0.15, 0.2) is 12.3 Å². The number of nitrogen functional groups attached to an aromatic ring is 1. The van der Waals surface area contributed by atoms with Gasteiger partial charge in [0.2, 0.25) is 0 Å².